The second-order valence-corrected chi connectivity index (χ2v) is 6.98. The zero-order valence-corrected chi connectivity index (χ0v) is 11.7. The van der Waals surface area contributed by atoms with Gasteiger partial charge in [-0.25, -0.2) is 0 Å². The molecular weight excluding hydrogens is 208 g/mol. The van der Waals surface area contributed by atoms with Crippen molar-refractivity contribution in [1.29, 1.82) is 0 Å². The Hall–Kier alpha value is -0.0800. The van der Waals surface area contributed by atoms with Crippen LogP contribution in [-0.2, 0) is 0 Å². The lowest BCUT2D eigenvalue weighted by Gasteiger charge is -2.43. The topological polar surface area (TPSA) is 52.0 Å². The van der Waals surface area contributed by atoms with E-state index in [2.05, 4.69) is 20.8 Å². The minimum absolute atomic E-state index is 0.425. The molecule has 0 aliphatic heterocycles. The van der Waals surface area contributed by atoms with Gasteiger partial charge in [0.25, 0.3) is 0 Å². The van der Waals surface area contributed by atoms with Gasteiger partial charge in [0, 0.05) is 12.1 Å². The highest BCUT2D eigenvalue weighted by molar-refractivity contribution is 4.90. The predicted molar refractivity (Wildman–Crippen MR) is 73.5 cm³/mol. The third-order valence-corrected chi connectivity index (χ3v) is 5.61. The number of nitrogens with two attached hydrogens (primary N) is 2. The van der Waals surface area contributed by atoms with E-state index in [9.17, 15) is 0 Å². The minimum Gasteiger partial charge on any atom is -0.327 e. The molecule has 0 spiro atoms. The van der Waals surface area contributed by atoms with E-state index in [1.165, 1.54) is 32.1 Å². The molecule has 0 aromatic carbocycles. The Labute approximate surface area is 107 Å². The van der Waals surface area contributed by atoms with Crippen molar-refractivity contribution in [2.75, 3.05) is 0 Å². The summed E-state index contributed by atoms with van der Waals surface area (Å²) in [6.45, 7) is 7.01. The first-order chi connectivity index (χ1) is 7.99. The van der Waals surface area contributed by atoms with Crippen molar-refractivity contribution in [3.8, 4) is 0 Å². The van der Waals surface area contributed by atoms with Crippen LogP contribution in [0.2, 0.25) is 0 Å². The summed E-state index contributed by atoms with van der Waals surface area (Å²) < 4.78 is 0. The highest BCUT2D eigenvalue weighted by atomic mass is 14.7. The fourth-order valence-electron chi connectivity index (χ4n) is 4.20. The fourth-order valence-corrected chi connectivity index (χ4v) is 4.20. The van der Waals surface area contributed by atoms with Crippen LogP contribution in [0.1, 0.15) is 52.9 Å². The molecule has 0 aromatic heterocycles. The van der Waals surface area contributed by atoms with Crippen LogP contribution < -0.4 is 11.5 Å². The van der Waals surface area contributed by atoms with Crippen LogP contribution in [0.3, 0.4) is 0 Å². The van der Waals surface area contributed by atoms with Gasteiger partial charge in [-0.05, 0) is 61.7 Å². The van der Waals surface area contributed by atoms with Gasteiger partial charge in [0.15, 0.2) is 0 Å². The molecule has 0 bridgehead atoms. The van der Waals surface area contributed by atoms with E-state index in [0.29, 0.717) is 23.9 Å². The van der Waals surface area contributed by atoms with Crippen molar-refractivity contribution >= 4 is 0 Å². The molecule has 2 aliphatic rings. The van der Waals surface area contributed by atoms with Crippen LogP contribution in [-0.4, -0.2) is 12.1 Å². The van der Waals surface area contributed by atoms with Crippen molar-refractivity contribution in [3.05, 3.63) is 0 Å². The Morgan fingerprint density at radius 1 is 0.706 bits per heavy atom. The highest BCUT2D eigenvalue weighted by Gasteiger charge is 2.37. The van der Waals surface area contributed by atoms with Crippen LogP contribution in [0.5, 0.6) is 0 Å². The average Bonchev–Trinajstić information content (AvgIpc) is 2.29. The molecule has 5 unspecified atom stereocenters. The average molecular weight is 238 g/mol. The van der Waals surface area contributed by atoms with Crippen LogP contribution in [0.15, 0.2) is 0 Å². The molecule has 0 heterocycles. The van der Waals surface area contributed by atoms with Crippen LogP contribution in [0.4, 0.5) is 0 Å². The van der Waals surface area contributed by atoms with Crippen molar-refractivity contribution in [3.63, 3.8) is 0 Å². The van der Waals surface area contributed by atoms with Gasteiger partial charge in [-0.2, -0.15) is 0 Å². The zero-order valence-electron chi connectivity index (χ0n) is 11.7. The first-order valence-electron chi connectivity index (χ1n) is 7.50. The van der Waals surface area contributed by atoms with Gasteiger partial charge < -0.3 is 11.5 Å². The molecule has 2 rings (SSSR count). The fraction of sp³-hybridized carbons (Fsp3) is 1.00. The Kier molecular flexibility index (Phi) is 4.14. The molecule has 2 nitrogen and oxygen atoms in total. The van der Waals surface area contributed by atoms with Crippen molar-refractivity contribution in [2.45, 2.75) is 65.0 Å². The molecule has 4 N–H and O–H groups in total. The summed E-state index contributed by atoms with van der Waals surface area (Å²) in [6, 6.07) is 0.876. The molecule has 17 heavy (non-hydrogen) atoms. The molecule has 0 aromatic rings. The molecule has 5 atom stereocenters. The van der Waals surface area contributed by atoms with Crippen molar-refractivity contribution < 1.29 is 0 Å². The van der Waals surface area contributed by atoms with Gasteiger partial charge in [-0.1, -0.05) is 20.8 Å². The van der Waals surface area contributed by atoms with Gasteiger partial charge in [-0.3, -0.25) is 0 Å². The minimum atomic E-state index is 0.425. The molecule has 0 radical (unpaired) electrons. The maximum Gasteiger partial charge on any atom is 0.00905 e. The van der Waals surface area contributed by atoms with Crippen molar-refractivity contribution in [1.82, 2.24) is 0 Å². The van der Waals surface area contributed by atoms with Gasteiger partial charge in [0.1, 0.15) is 0 Å². The summed E-state index contributed by atoms with van der Waals surface area (Å²) in [7, 11) is 0. The summed E-state index contributed by atoms with van der Waals surface area (Å²) >= 11 is 0. The second kappa shape index (κ2) is 5.27. The van der Waals surface area contributed by atoms with E-state index < -0.39 is 0 Å². The predicted octanol–water partition coefficient (Wildman–Crippen LogP) is 2.76. The first-order valence-corrected chi connectivity index (χ1v) is 7.50. The molecule has 0 saturated heterocycles. The molecule has 2 heteroatoms. The van der Waals surface area contributed by atoms with E-state index in [4.69, 9.17) is 11.5 Å². The van der Waals surface area contributed by atoms with Crippen LogP contribution in [0, 0.1) is 29.6 Å². The summed E-state index contributed by atoms with van der Waals surface area (Å²) in [4.78, 5) is 0. The molecular formula is C15H30N2. The Balaban J connectivity index is 1.94. The molecule has 100 valence electrons. The summed E-state index contributed by atoms with van der Waals surface area (Å²) in [5.74, 6) is 3.95. The van der Waals surface area contributed by atoms with E-state index in [1.54, 1.807) is 0 Å². The maximum atomic E-state index is 6.24. The zero-order chi connectivity index (χ0) is 12.6. The van der Waals surface area contributed by atoms with Crippen molar-refractivity contribution in [2.24, 2.45) is 41.1 Å². The lowest BCUT2D eigenvalue weighted by molar-refractivity contribution is 0.0947. The van der Waals surface area contributed by atoms with E-state index in [-0.39, 0.29) is 0 Å². The first kappa shape index (κ1) is 13.4. The maximum absolute atomic E-state index is 6.24. The largest absolute Gasteiger partial charge is 0.327 e. The van der Waals surface area contributed by atoms with Gasteiger partial charge in [0.05, 0.1) is 0 Å². The van der Waals surface area contributed by atoms with Gasteiger partial charge in [0.2, 0.25) is 0 Å². The Morgan fingerprint density at radius 3 is 1.76 bits per heavy atom. The summed E-state index contributed by atoms with van der Waals surface area (Å²) in [6.07, 6.45) is 6.62. The van der Waals surface area contributed by atoms with Gasteiger partial charge >= 0.3 is 0 Å². The smallest absolute Gasteiger partial charge is 0.00905 e. The lowest BCUT2D eigenvalue weighted by Crippen LogP contribution is -2.44. The normalized spacial score (nSPS) is 52.4. The Morgan fingerprint density at radius 2 is 1.24 bits per heavy atom. The molecule has 2 aliphatic carbocycles. The molecule has 2 saturated carbocycles. The number of hydrogen-bond acceptors (Lipinski definition) is 2. The number of rotatable bonds is 1. The van der Waals surface area contributed by atoms with Crippen LogP contribution >= 0.6 is 0 Å². The van der Waals surface area contributed by atoms with Crippen LogP contribution in [0.25, 0.3) is 0 Å². The van der Waals surface area contributed by atoms with E-state index >= 15 is 0 Å². The third kappa shape index (κ3) is 2.85. The van der Waals surface area contributed by atoms with E-state index in [1.807, 2.05) is 0 Å². The Bertz CT molecular complexity index is 241. The third-order valence-electron chi connectivity index (χ3n) is 5.61. The molecule has 2 fully saturated rings. The second-order valence-electron chi connectivity index (χ2n) is 6.98. The molecule has 0 amide bonds. The summed E-state index contributed by atoms with van der Waals surface area (Å²) in [5.41, 5.74) is 12.4. The van der Waals surface area contributed by atoms with Gasteiger partial charge in [-0.15, -0.1) is 0 Å². The number of hydrogen-bond donors (Lipinski definition) is 2. The quantitative estimate of drug-likeness (QED) is 0.738. The highest BCUT2D eigenvalue weighted by Crippen LogP contribution is 2.42. The summed E-state index contributed by atoms with van der Waals surface area (Å²) in [5, 5.41) is 0. The monoisotopic (exact) mass is 238 g/mol. The lowest BCUT2D eigenvalue weighted by atomic mass is 9.64. The SMILES string of the molecule is CC1CC(C2CC(C)C(N)C(C)C2)CCC1N. The van der Waals surface area contributed by atoms with E-state index in [0.717, 1.165) is 17.8 Å². The standard InChI is InChI=1S/C15H30N2/c1-9-6-12(4-5-14(9)16)13-7-10(2)15(17)11(3)8-13/h9-15H,4-8,16-17H2,1-3H3.